The lowest BCUT2D eigenvalue weighted by Gasteiger charge is -2.20. The molecule has 0 amide bonds. The summed E-state index contributed by atoms with van der Waals surface area (Å²) in [6, 6.07) is 178. The lowest BCUT2D eigenvalue weighted by molar-refractivity contribution is 1.18. The molecule has 0 radical (unpaired) electrons. The number of pyridine rings is 6. The highest BCUT2D eigenvalue weighted by Crippen LogP contribution is 2.50. The van der Waals surface area contributed by atoms with Gasteiger partial charge in [-0.1, -0.05) is 443 Å². The molecule has 0 atom stereocenters. The Morgan fingerprint density at radius 2 is 0.418 bits per heavy atom. The van der Waals surface area contributed by atoms with E-state index in [-0.39, 0.29) is 0 Å². The van der Waals surface area contributed by atoms with Gasteiger partial charge in [0.2, 0.25) is 0 Å². The molecule has 0 N–H and O–H groups in total. The van der Waals surface area contributed by atoms with Crippen LogP contribution in [0.1, 0.15) is 0 Å². The van der Waals surface area contributed by atoms with E-state index in [9.17, 15) is 0 Å². The number of aromatic nitrogens is 8. The molecular formula is C138H86N8. The molecule has 29 rings (SSSR count). The lowest BCUT2D eigenvalue weighted by atomic mass is 9.83. The third-order valence-electron chi connectivity index (χ3n) is 28.9. The molecule has 0 bridgehead atoms. The van der Waals surface area contributed by atoms with E-state index in [1.165, 1.54) is 147 Å². The van der Waals surface area contributed by atoms with Crippen molar-refractivity contribution in [2.75, 3.05) is 0 Å². The zero-order chi connectivity index (χ0) is 96.5. The zero-order valence-electron chi connectivity index (χ0n) is 79.2. The average molecular weight is 1860 g/mol. The molecule has 0 spiro atoms. The summed E-state index contributed by atoms with van der Waals surface area (Å²) in [4.78, 5) is 40.8. The number of rotatable bonds is 12. The molecule has 0 aliphatic rings. The largest absolute Gasteiger partial charge is 0.254 e. The third kappa shape index (κ3) is 15.5. The summed E-state index contributed by atoms with van der Waals surface area (Å²) < 4.78 is 0. The van der Waals surface area contributed by atoms with Crippen LogP contribution < -0.4 is 0 Å². The predicted molar refractivity (Wildman–Crippen MR) is 612 cm³/mol. The van der Waals surface area contributed by atoms with Crippen LogP contribution in [-0.4, -0.2) is 39.9 Å². The minimum Gasteiger partial charge on any atom is -0.254 e. The molecule has 8 heteroatoms. The van der Waals surface area contributed by atoms with Crippen molar-refractivity contribution in [3.8, 4) is 135 Å². The van der Waals surface area contributed by atoms with Crippen LogP contribution in [0.15, 0.2) is 522 Å². The minimum atomic E-state index is 0.660. The molecule has 7 heterocycles. The van der Waals surface area contributed by atoms with E-state index in [2.05, 4.69) is 479 Å². The van der Waals surface area contributed by atoms with E-state index in [0.29, 0.717) is 5.82 Å². The molecule has 7 aromatic heterocycles. The zero-order valence-corrected chi connectivity index (χ0v) is 79.2. The second-order valence-corrected chi connectivity index (χ2v) is 37.4. The van der Waals surface area contributed by atoms with Gasteiger partial charge in [-0.3, -0.25) is 15.0 Å². The standard InChI is InChI=1S/C56H34N2.C50H32N4.C32H20N2/c1-4-18-40-35(13-1)16-11-24-43(40)54-45-21-7-8-22-46(45)55(44-25-12-17-36-14-2-5-19-41(36)44)50-33-38(28-30-47(50)54)39-29-32-52(57-34-39)56-49-31-27-37-15-3-6-20-42(37)53(49)48-23-9-10-26-51(48)58-56;1-3-11-33(12-4-1)35-19-23-38(24-20-35)46-31-47(54-50(53-46)39-25-21-36(22-26-39)34-13-5-2-6-14-34)40-28-30-45(51-32-40)49-43-29-27-37-15-7-8-16-41(37)48(43)42-17-9-10-18-44(42)52-49;1-2-9-23-19-24(14-13-21(23)7-1)25-16-18-30(33-20-25)32-28-17-15-22-8-3-4-10-26(22)31(28)27-11-5-6-12-29(27)34-32/h1-34H;1-32H;1-20H. The first-order valence-corrected chi connectivity index (χ1v) is 49.5. The molecule has 678 valence electrons. The molecule has 0 aliphatic heterocycles. The number of hydrogen-bond donors (Lipinski definition) is 0. The van der Waals surface area contributed by atoms with E-state index in [4.69, 9.17) is 39.9 Å². The first-order chi connectivity index (χ1) is 72.4. The monoisotopic (exact) mass is 1850 g/mol. The minimum absolute atomic E-state index is 0.660. The molecule has 22 aromatic carbocycles. The van der Waals surface area contributed by atoms with Crippen molar-refractivity contribution in [3.05, 3.63) is 522 Å². The summed E-state index contributed by atoms with van der Waals surface area (Å²) in [5.74, 6) is 0.660. The second kappa shape index (κ2) is 36.6. The smallest absolute Gasteiger partial charge is 0.160 e. The Labute approximate surface area is 842 Å². The molecular weight excluding hydrogens is 1770 g/mol. The fraction of sp³-hybridized carbons (Fsp3) is 0. The Hall–Kier alpha value is -19.5. The van der Waals surface area contributed by atoms with Gasteiger partial charge in [0.1, 0.15) is 0 Å². The summed E-state index contributed by atoms with van der Waals surface area (Å²) in [7, 11) is 0. The van der Waals surface area contributed by atoms with Gasteiger partial charge >= 0.3 is 0 Å². The Morgan fingerprint density at radius 3 is 0.849 bits per heavy atom. The normalized spacial score (nSPS) is 11.6. The number of benzene rings is 22. The van der Waals surface area contributed by atoms with Crippen LogP contribution in [0.25, 0.3) is 286 Å². The van der Waals surface area contributed by atoms with Crippen molar-refractivity contribution < 1.29 is 0 Å². The van der Waals surface area contributed by atoms with Gasteiger partial charge in [-0.05, 0) is 202 Å². The van der Waals surface area contributed by atoms with Crippen molar-refractivity contribution >= 4 is 151 Å². The molecule has 0 aliphatic carbocycles. The van der Waals surface area contributed by atoms with Crippen molar-refractivity contribution in [1.29, 1.82) is 0 Å². The fourth-order valence-corrected chi connectivity index (χ4v) is 21.8. The number of fused-ring (bicyclic) bond motifs is 20. The third-order valence-corrected chi connectivity index (χ3v) is 28.9. The number of nitrogens with zero attached hydrogens (tertiary/aromatic N) is 8. The van der Waals surface area contributed by atoms with Crippen molar-refractivity contribution in [1.82, 2.24) is 39.9 Å². The number of para-hydroxylation sites is 3. The van der Waals surface area contributed by atoms with Crippen LogP contribution in [0.3, 0.4) is 0 Å². The molecule has 29 aromatic rings. The highest BCUT2D eigenvalue weighted by Gasteiger charge is 2.25. The van der Waals surface area contributed by atoms with Crippen molar-refractivity contribution in [3.63, 3.8) is 0 Å². The Morgan fingerprint density at radius 1 is 0.130 bits per heavy atom. The van der Waals surface area contributed by atoms with Crippen LogP contribution in [0.2, 0.25) is 0 Å². The summed E-state index contributed by atoms with van der Waals surface area (Å²) in [5, 5.41) is 30.1. The van der Waals surface area contributed by atoms with Gasteiger partial charge in [0.05, 0.1) is 62.1 Å². The quantitative estimate of drug-likeness (QED) is 0.0880. The van der Waals surface area contributed by atoms with Gasteiger partial charge in [0.15, 0.2) is 5.82 Å². The Bertz CT molecular complexity index is 10100. The van der Waals surface area contributed by atoms with E-state index < -0.39 is 0 Å². The topological polar surface area (TPSA) is 103 Å². The van der Waals surface area contributed by atoms with Crippen LogP contribution in [0, 0.1) is 0 Å². The van der Waals surface area contributed by atoms with E-state index in [0.717, 1.165) is 134 Å². The van der Waals surface area contributed by atoms with Crippen LogP contribution in [-0.2, 0) is 0 Å². The van der Waals surface area contributed by atoms with Gasteiger partial charge < -0.3 is 0 Å². The molecule has 8 nitrogen and oxygen atoms in total. The van der Waals surface area contributed by atoms with E-state index >= 15 is 0 Å². The van der Waals surface area contributed by atoms with Crippen LogP contribution in [0.5, 0.6) is 0 Å². The first-order valence-electron chi connectivity index (χ1n) is 49.5. The molecule has 0 unspecified atom stereocenters. The number of hydrogen-bond acceptors (Lipinski definition) is 8. The van der Waals surface area contributed by atoms with Gasteiger partial charge in [-0.2, -0.15) is 0 Å². The summed E-state index contributed by atoms with van der Waals surface area (Å²) >= 11 is 0. The Kier molecular flexibility index (Phi) is 21.5. The van der Waals surface area contributed by atoms with Crippen LogP contribution >= 0.6 is 0 Å². The van der Waals surface area contributed by atoms with Crippen molar-refractivity contribution in [2.24, 2.45) is 0 Å². The van der Waals surface area contributed by atoms with Gasteiger partial charge in [0.25, 0.3) is 0 Å². The maximum absolute atomic E-state index is 5.22. The highest BCUT2D eigenvalue weighted by atomic mass is 14.9. The van der Waals surface area contributed by atoms with Crippen molar-refractivity contribution in [2.45, 2.75) is 0 Å². The average Bonchev–Trinajstić information content (AvgIpc) is 0.720. The lowest BCUT2D eigenvalue weighted by Crippen LogP contribution is -1.97. The van der Waals surface area contributed by atoms with E-state index in [1.807, 2.05) is 42.9 Å². The predicted octanol–water partition coefficient (Wildman–Crippen LogP) is 36.4. The van der Waals surface area contributed by atoms with Gasteiger partial charge in [0, 0.05) is 94.9 Å². The summed E-state index contributed by atoms with van der Waals surface area (Å²) in [5.41, 5.74) is 26.7. The maximum atomic E-state index is 5.22. The SMILES string of the molecule is c1ccc(-c2ccc(-c3cc(-c4ccc(-c5nc6ccccc6c6c5ccc5ccccc56)nc4)nc(-c4ccc(-c5ccccc5)cc4)n3)cc2)cc1.c1ccc2c(-c3c4ccccc4c(-c4cccc5ccccc45)c4cc(-c5ccc(-c6nc7ccccc7c7c6ccc6ccccc67)nc5)ccc34)cccc2c1.c1ccc2cc(-c3ccc(-c4nc5ccccc5c5c4ccc4ccccc45)nc3)ccc2c1. The molecule has 146 heavy (non-hydrogen) atoms. The van der Waals surface area contributed by atoms with Crippen LogP contribution in [0.4, 0.5) is 0 Å². The fourth-order valence-electron chi connectivity index (χ4n) is 21.8. The second-order valence-electron chi connectivity index (χ2n) is 37.4. The maximum Gasteiger partial charge on any atom is 0.160 e. The molecule has 0 fully saturated rings. The Balaban J connectivity index is 0.000000112. The summed E-state index contributed by atoms with van der Waals surface area (Å²) in [6.07, 6.45) is 5.89. The first kappa shape index (κ1) is 85.6. The highest BCUT2D eigenvalue weighted by molar-refractivity contribution is 6.28. The summed E-state index contributed by atoms with van der Waals surface area (Å²) in [6.45, 7) is 0. The molecule has 0 saturated carbocycles. The van der Waals surface area contributed by atoms with Gasteiger partial charge in [-0.15, -0.1) is 0 Å². The van der Waals surface area contributed by atoms with Gasteiger partial charge in [-0.25, -0.2) is 24.9 Å². The molecule has 0 saturated heterocycles. The van der Waals surface area contributed by atoms with E-state index in [1.54, 1.807) is 0 Å².